The number of hydrogen-bond acceptors (Lipinski definition) is 11. The van der Waals surface area contributed by atoms with E-state index in [0.29, 0.717) is 10.5 Å². The van der Waals surface area contributed by atoms with Crippen LogP contribution in [0, 0.1) is 0 Å². The van der Waals surface area contributed by atoms with E-state index in [9.17, 15) is 19.2 Å². The van der Waals surface area contributed by atoms with Gasteiger partial charge in [-0.25, -0.2) is 0 Å². The molecule has 128 valence electrons. The van der Waals surface area contributed by atoms with Crippen LogP contribution in [0.25, 0.3) is 0 Å². The number of nitrogens with zero attached hydrogens (tertiary/aromatic N) is 2. The minimum atomic E-state index is -0.673. The van der Waals surface area contributed by atoms with Crippen LogP contribution in [0.5, 0.6) is 0 Å². The molecular weight excluding hydrogens is 302 g/mol. The quantitative estimate of drug-likeness (QED) is 0.604. The Labute approximate surface area is 127 Å². The van der Waals surface area contributed by atoms with Crippen LogP contribution in [0.4, 0.5) is 0 Å². The van der Waals surface area contributed by atoms with Gasteiger partial charge in [0.05, 0.1) is 13.1 Å². The molecule has 0 aromatic heterocycles. The summed E-state index contributed by atoms with van der Waals surface area (Å²) in [6, 6.07) is 0. The fourth-order valence-electron chi connectivity index (χ4n) is 1.12. The Morgan fingerprint density at radius 2 is 0.864 bits per heavy atom. The Balaban J connectivity index is 0. The molecule has 0 spiro atoms. The molecule has 0 amide bonds. The SMILES string of the molecule is CC(=O)ON(CCCN(OC(C)=O)OC(C)=O)OC(C)=O.N. The minimum Gasteiger partial charge on any atom is -0.344 e. The Morgan fingerprint density at radius 1 is 0.636 bits per heavy atom. The fourth-order valence-corrected chi connectivity index (χ4v) is 1.12. The van der Waals surface area contributed by atoms with Crippen molar-refractivity contribution in [3.63, 3.8) is 0 Å². The van der Waals surface area contributed by atoms with Crippen LogP contribution >= 0.6 is 0 Å². The van der Waals surface area contributed by atoms with Gasteiger partial charge in [-0.05, 0) is 6.42 Å². The lowest BCUT2D eigenvalue weighted by Crippen LogP contribution is -2.34. The van der Waals surface area contributed by atoms with Gasteiger partial charge < -0.3 is 25.5 Å². The highest BCUT2D eigenvalue weighted by atomic mass is 17.0. The van der Waals surface area contributed by atoms with Crippen LogP contribution in [-0.4, -0.2) is 47.4 Å². The average molecular weight is 323 g/mol. The second kappa shape index (κ2) is 11.4. The molecule has 0 aliphatic carbocycles. The van der Waals surface area contributed by atoms with E-state index >= 15 is 0 Å². The van der Waals surface area contributed by atoms with Gasteiger partial charge >= 0.3 is 23.9 Å². The highest BCUT2D eigenvalue weighted by molar-refractivity contribution is 5.67. The molecule has 0 fully saturated rings. The van der Waals surface area contributed by atoms with Crippen LogP contribution in [0.1, 0.15) is 34.1 Å². The highest BCUT2D eigenvalue weighted by Gasteiger charge is 2.16. The maximum Gasteiger partial charge on any atom is 0.326 e. The smallest absolute Gasteiger partial charge is 0.326 e. The molecule has 11 nitrogen and oxygen atoms in total. The Hall–Kier alpha value is -2.24. The molecule has 0 radical (unpaired) electrons. The van der Waals surface area contributed by atoms with Gasteiger partial charge in [0, 0.05) is 38.1 Å². The summed E-state index contributed by atoms with van der Waals surface area (Å²) in [5.41, 5.74) is 0. The molecule has 0 aromatic carbocycles. The van der Waals surface area contributed by atoms with Crippen LogP contribution in [-0.2, 0) is 38.5 Å². The van der Waals surface area contributed by atoms with Gasteiger partial charge in [-0.1, -0.05) is 0 Å². The molecule has 0 atom stereocenters. The van der Waals surface area contributed by atoms with E-state index in [1.54, 1.807) is 0 Å². The topological polar surface area (TPSA) is 147 Å². The molecule has 0 saturated heterocycles. The van der Waals surface area contributed by atoms with Gasteiger partial charge in [-0.15, -0.1) is 0 Å². The maximum atomic E-state index is 10.8. The average Bonchev–Trinajstić information content (AvgIpc) is 2.24. The maximum absolute atomic E-state index is 10.8. The number of carbonyl (C=O) groups excluding carboxylic acids is 4. The summed E-state index contributed by atoms with van der Waals surface area (Å²) in [5.74, 6) is -2.69. The first-order chi connectivity index (χ1) is 9.70. The third-order valence-electron chi connectivity index (χ3n) is 1.60. The first-order valence-corrected chi connectivity index (χ1v) is 6.00. The summed E-state index contributed by atoms with van der Waals surface area (Å²) >= 11 is 0. The number of rotatable bonds is 8. The summed E-state index contributed by atoms with van der Waals surface area (Å²) in [6.45, 7) is 4.53. The van der Waals surface area contributed by atoms with Crippen LogP contribution in [0.15, 0.2) is 0 Å². The van der Waals surface area contributed by atoms with Crippen molar-refractivity contribution < 1.29 is 38.5 Å². The predicted octanol–water partition coefficient (Wildman–Crippen LogP) is 0.0549. The monoisotopic (exact) mass is 323 g/mol. The normalized spacial score (nSPS) is 9.73. The van der Waals surface area contributed by atoms with Crippen molar-refractivity contribution >= 4 is 23.9 Å². The van der Waals surface area contributed by atoms with Crippen LogP contribution in [0.3, 0.4) is 0 Å². The van der Waals surface area contributed by atoms with Crippen molar-refractivity contribution in [3.8, 4) is 0 Å². The van der Waals surface area contributed by atoms with Crippen molar-refractivity contribution in [1.29, 1.82) is 0 Å². The van der Waals surface area contributed by atoms with Gasteiger partial charge in [0.15, 0.2) is 0 Å². The molecule has 3 N–H and O–H groups in total. The van der Waals surface area contributed by atoms with Gasteiger partial charge in [0.2, 0.25) is 0 Å². The third-order valence-corrected chi connectivity index (χ3v) is 1.60. The molecule has 22 heavy (non-hydrogen) atoms. The van der Waals surface area contributed by atoms with Crippen LogP contribution in [0.2, 0.25) is 0 Å². The van der Waals surface area contributed by atoms with Crippen molar-refractivity contribution in [1.82, 2.24) is 16.6 Å². The molecule has 0 aromatic rings. The first-order valence-electron chi connectivity index (χ1n) is 6.00. The minimum absolute atomic E-state index is 0. The Bertz CT molecular complexity index is 333. The molecule has 0 aliphatic rings. The molecule has 0 aliphatic heterocycles. The second-order valence-corrected chi connectivity index (χ2v) is 3.80. The lowest BCUT2D eigenvalue weighted by molar-refractivity contribution is -0.335. The van der Waals surface area contributed by atoms with E-state index in [1.165, 1.54) is 0 Å². The Kier molecular flexibility index (Phi) is 11.4. The number of hydroxylamine groups is 4. The summed E-state index contributed by atoms with van der Waals surface area (Å²) in [4.78, 5) is 61.8. The molecule has 0 unspecified atom stereocenters. The van der Waals surface area contributed by atoms with E-state index < -0.39 is 23.9 Å². The van der Waals surface area contributed by atoms with Crippen molar-refractivity contribution in [2.24, 2.45) is 0 Å². The lowest BCUT2D eigenvalue weighted by atomic mass is 10.4. The summed E-state index contributed by atoms with van der Waals surface area (Å²) < 4.78 is 0. The fraction of sp³-hybridized carbons (Fsp3) is 0.636. The first kappa shape index (κ1) is 22.0. The molecule has 0 rings (SSSR count). The van der Waals surface area contributed by atoms with Crippen LogP contribution < -0.4 is 6.15 Å². The third kappa shape index (κ3) is 12.8. The second-order valence-electron chi connectivity index (χ2n) is 3.80. The van der Waals surface area contributed by atoms with E-state index in [1.807, 2.05) is 0 Å². The summed E-state index contributed by atoms with van der Waals surface area (Å²) in [6.07, 6.45) is 0.196. The molecule has 11 heteroatoms. The van der Waals surface area contributed by atoms with Gasteiger partial charge in [0.25, 0.3) is 0 Å². The molecule has 0 heterocycles. The molecular formula is C11H21N3O8. The largest absolute Gasteiger partial charge is 0.344 e. The van der Waals surface area contributed by atoms with E-state index in [4.69, 9.17) is 0 Å². The van der Waals surface area contributed by atoms with E-state index in [0.717, 1.165) is 27.7 Å². The van der Waals surface area contributed by atoms with Crippen molar-refractivity contribution in [3.05, 3.63) is 0 Å². The molecule has 0 saturated carbocycles. The van der Waals surface area contributed by atoms with E-state index in [2.05, 4.69) is 19.4 Å². The number of carbonyl (C=O) groups is 4. The van der Waals surface area contributed by atoms with Crippen molar-refractivity contribution in [2.75, 3.05) is 13.1 Å². The van der Waals surface area contributed by atoms with Crippen molar-refractivity contribution in [2.45, 2.75) is 34.1 Å². The highest BCUT2D eigenvalue weighted by Crippen LogP contribution is 2.01. The standard InChI is InChI=1S/C11H18N2O8.H3N/c1-8(14)18-12(19-9(2)15)6-5-7-13(20-10(3)16)21-11(4)17;/h5-7H2,1-4H3;1H3. The predicted molar refractivity (Wildman–Crippen MR) is 70.1 cm³/mol. The Morgan fingerprint density at radius 3 is 1.05 bits per heavy atom. The van der Waals surface area contributed by atoms with Gasteiger partial charge in [-0.3, -0.25) is 19.2 Å². The van der Waals surface area contributed by atoms with Gasteiger partial charge in [-0.2, -0.15) is 0 Å². The van der Waals surface area contributed by atoms with E-state index in [-0.39, 0.29) is 25.7 Å². The zero-order valence-electron chi connectivity index (χ0n) is 13.0. The zero-order valence-corrected chi connectivity index (χ0v) is 13.0. The summed E-state index contributed by atoms with van der Waals surface area (Å²) in [5, 5.41) is 1.37. The lowest BCUT2D eigenvalue weighted by Gasteiger charge is -2.20. The molecule has 0 bridgehead atoms. The van der Waals surface area contributed by atoms with Gasteiger partial charge in [0.1, 0.15) is 0 Å². The zero-order chi connectivity index (χ0) is 16.4. The number of hydrogen-bond donors (Lipinski definition) is 1. The summed E-state index contributed by atoms with van der Waals surface area (Å²) in [7, 11) is 0.